The maximum absolute atomic E-state index is 12.4. The molecule has 2 rings (SSSR count). The van der Waals surface area contributed by atoms with Crippen molar-refractivity contribution in [2.45, 2.75) is 26.0 Å². The number of ether oxygens (including phenoxy) is 2. The smallest absolute Gasteiger partial charge is 0.237 e. The number of nitrogens with one attached hydrogen (secondary N) is 1. The highest BCUT2D eigenvalue weighted by atomic mass is 32.2. The summed E-state index contributed by atoms with van der Waals surface area (Å²) in [5.41, 5.74) is 2.98. The summed E-state index contributed by atoms with van der Waals surface area (Å²) in [6.07, 6.45) is 0. The molecule has 1 unspecified atom stereocenters. The van der Waals surface area contributed by atoms with Crippen molar-refractivity contribution in [2.75, 3.05) is 24.8 Å². The van der Waals surface area contributed by atoms with E-state index in [2.05, 4.69) is 5.32 Å². The Labute approximate surface area is 153 Å². The predicted molar refractivity (Wildman–Crippen MR) is 105 cm³/mol. The van der Waals surface area contributed by atoms with E-state index in [4.69, 9.17) is 9.47 Å². The number of hydrogen-bond acceptors (Lipinski definition) is 4. The normalized spacial score (nSPS) is 11.7. The van der Waals surface area contributed by atoms with E-state index in [1.165, 1.54) is 5.56 Å². The van der Waals surface area contributed by atoms with E-state index >= 15 is 0 Å². The molecule has 0 heterocycles. The first-order chi connectivity index (χ1) is 12.0. The van der Waals surface area contributed by atoms with Gasteiger partial charge in [-0.15, -0.1) is 11.8 Å². The van der Waals surface area contributed by atoms with E-state index in [0.29, 0.717) is 18.0 Å². The van der Waals surface area contributed by atoms with Gasteiger partial charge in [-0.25, -0.2) is 0 Å². The molecule has 5 heteroatoms. The van der Waals surface area contributed by atoms with Gasteiger partial charge in [-0.2, -0.15) is 0 Å². The molecule has 0 aliphatic carbocycles. The second-order valence-electron chi connectivity index (χ2n) is 5.87. The van der Waals surface area contributed by atoms with Crippen LogP contribution in [-0.4, -0.2) is 30.6 Å². The van der Waals surface area contributed by atoms with Crippen LogP contribution in [0, 0.1) is 13.8 Å². The zero-order valence-electron chi connectivity index (χ0n) is 15.2. The zero-order valence-corrected chi connectivity index (χ0v) is 16.0. The SMILES string of the molecule is COc1ccc(C)cc1NC(=O)C(C)SCCOc1ccc(C)cc1. The first kappa shape index (κ1) is 19.2. The lowest BCUT2D eigenvalue weighted by Gasteiger charge is -2.15. The third-order valence-electron chi connectivity index (χ3n) is 3.72. The van der Waals surface area contributed by atoms with Crippen LogP contribution in [0.15, 0.2) is 42.5 Å². The summed E-state index contributed by atoms with van der Waals surface area (Å²) in [4.78, 5) is 12.4. The third-order valence-corrected chi connectivity index (χ3v) is 4.84. The van der Waals surface area contributed by atoms with Crippen LogP contribution in [0.2, 0.25) is 0 Å². The van der Waals surface area contributed by atoms with Gasteiger partial charge < -0.3 is 14.8 Å². The van der Waals surface area contributed by atoms with Gasteiger partial charge in [0, 0.05) is 5.75 Å². The van der Waals surface area contributed by atoms with Crippen LogP contribution in [0.5, 0.6) is 11.5 Å². The van der Waals surface area contributed by atoms with Crippen molar-refractivity contribution in [3.63, 3.8) is 0 Å². The average Bonchev–Trinajstić information content (AvgIpc) is 2.60. The monoisotopic (exact) mass is 359 g/mol. The van der Waals surface area contributed by atoms with Crippen molar-refractivity contribution in [2.24, 2.45) is 0 Å². The van der Waals surface area contributed by atoms with Gasteiger partial charge >= 0.3 is 0 Å². The van der Waals surface area contributed by atoms with Gasteiger partial charge in [-0.1, -0.05) is 23.8 Å². The van der Waals surface area contributed by atoms with Crippen molar-refractivity contribution >= 4 is 23.4 Å². The number of anilines is 1. The molecule has 1 N–H and O–H groups in total. The van der Waals surface area contributed by atoms with Crippen LogP contribution in [0.25, 0.3) is 0 Å². The van der Waals surface area contributed by atoms with Crippen LogP contribution in [0.4, 0.5) is 5.69 Å². The molecule has 0 aliphatic heterocycles. The Bertz CT molecular complexity index is 701. The number of carbonyl (C=O) groups excluding carboxylic acids is 1. The summed E-state index contributed by atoms with van der Waals surface area (Å²) >= 11 is 1.57. The maximum Gasteiger partial charge on any atom is 0.237 e. The standard InChI is InChI=1S/C20H25NO3S/c1-14-5-8-17(9-6-14)24-11-12-25-16(3)20(22)21-18-13-15(2)7-10-19(18)23-4/h5-10,13,16H,11-12H2,1-4H3,(H,21,22). The summed E-state index contributed by atoms with van der Waals surface area (Å²) in [7, 11) is 1.60. The number of thioether (sulfide) groups is 1. The highest BCUT2D eigenvalue weighted by Gasteiger charge is 2.15. The summed E-state index contributed by atoms with van der Waals surface area (Å²) < 4.78 is 11.0. The fraction of sp³-hybridized carbons (Fsp3) is 0.350. The molecule has 0 saturated heterocycles. The molecule has 134 valence electrons. The van der Waals surface area contributed by atoms with Crippen LogP contribution >= 0.6 is 11.8 Å². The molecule has 0 bridgehead atoms. The molecule has 4 nitrogen and oxygen atoms in total. The molecule has 25 heavy (non-hydrogen) atoms. The highest BCUT2D eigenvalue weighted by Crippen LogP contribution is 2.26. The molecule has 0 aliphatic rings. The van der Waals surface area contributed by atoms with E-state index in [1.54, 1.807) is 18.9 Å². The largest absolute Gasteiger partial charge is 0.495 e. The van der Waals surface area contributed by atoms with E-state index in [0.717, 1.165) is 17.1 Å². The molecule has 2 aromatic carbocycles. The summed E-state index contributed by atoms with van der Waals surface area (Å²) in [6, 6.07) is 13.7. The minimum atomic E-state index is -0.174. The molecule has 0 saturated carbocycles. The first-order valence-corrected chi connectivity index (χ1v) is 9.31. The Morgan fingerprint density at radius 3 is 2.48 bits per heavy atom. The Morgan fingerprint density at radius 1 is 1.12 bits per heavy atom. The molecule has 0 aromatic heterocycles. The summed E-state index contributed by atoms with van der Waals surface area (Å²) in [6.45, 7) is 6.49. The lowest BCUT2D eigenvalue weighted by Crippen LogP contribution is -2.23. The van der Waals surface area contributed by atoms with Gasteiger partial charge in [0.2, 0.25) is 5.91 Å². The van der Waals surface area contributed by atoms with Crippen molar-refractivity contribution in [1.82, 2.24) is 0 Å². The van der Waals surface area contributed by atoms with E-state index < -0.39 is 0 Å². The fourth-order valence-electron chi connectivity index (χ4n) is 2.25. The van der Waals surface area contributed by atoms with Crippen molar-refractivity contribution in [3.8, 4) is 11.5 Å². The lowest BCUT2D eigenvalue weighted by atomic mass is 10.2. The number of hydrogen-bond donors (Lipinski definition) is 1. The fourth-order valence-corrected chi connectivity index (χ4v) is 2.99. The van der Waals surface area contributed by atoms with Crippen LogP contribution in [-0.2, 0) is 4.79 Å². The topological polar surface area (TPSA) is 47.6 Å². The van der Waals surface area contributed by atoms with Crippen molar-refractivity contribution in [1.29, 1.82) is 0 Å². The summed E-state index contributed by atoms with van der Waals surface area (Å²) in [5.74, 6) is 2.23. The second-order valence-corrected chi connectivity index (χ2v) is 7.32. The Balaban J connectivity index is 1.78. The number of methoxy groups -OCH3 is 1. The quantitative estimate of drug-likeness (QED) is 0.707. The molecule has 1 atom stereocenters. The number of carbonyl (C=O) groups is 1. The van der Waals surface area contributed by atoms with Gasteiger partial charge in [-0.3, -0.25) is 4.79 Å². The van der Waals surface area contributed by atoms with Gasteiger partial charge in [0.25, 0.3) is 0 Å². The van der Waals surface area contributed by atoms with Gasteiger partial charge in [0.15, 0.2) is 0 Å². The first-order valence-electron chi connectivity index (χ1n) is 8.26. The predicted octanol–water partition coefficient (Wildman–Crippen LogP) is 4.45. The number of aryl methyl sites for hydroxylation is 2. The Morgan fingerprint density at radius 2 is 1.80 bits per heavy atom. The molecular formula is C20H25NO3S. The van der Waals surface area contributed by atoms with Gasteiger partial charge in [0.1, 0.15) is 11.5 Å². The van der Waals surface area contributed by atoms with E-state index in [1.807, 2.05) is 63.2 Å². The Hall–Kier alpha value is -2.14. The van der Waals surface area contributed by atoms with E-state index in [-0.39, 0.29) is 11.2 Å². The second kappa shape index (κ2) is 9.37. The number of rotatable bonds is 8. The molecule has 0 spiro atoms. The zero-order chi connectivity index (χ0) is 18.2. The van der Waals surface area contributed by atoms with Gasteiger partial charge in [0.05, 0.1) is 24.7 Å². The van der Waals surface area contributed by atoms with Crippen molar-refractivity contribution in [3.05, 3.63) is 53.6 Å². The molecule has 0 fully saturated rings. The minimum Gasteiger partial charge on any atom is -0.495 e. The van der Waals surface area contributed by atoms with Gasteiger partial charge in [-0.05, 0) is 50.6 Å². The van der Waals surface area contributed by atoms with Crippen LogP contribution < -0.4 is 14.8 Å². The minimum absolute atomic E-state index is 0.0377. The Kier molecular flexibility index (Phi) is 7.19. The lowest BCUT2D eigenvalue weighted by molar-refractivity contribution is -0.115. The number of benzene rings is 2. The van der Waals surface area contributed by atoms with Crippen LogP contribution in [0.1, 0.15) is 18.1 Å². The highest BCUT2D eigenvalue weighted by molar-refractivity contribution is 8.00. The molecule has 1 amide bonds. The average molecular weight is 359 g/mol. The molecular weight excluding hydrogens is 334 g/mol. The molecule has 0 radical (unpaired) electrons. The maximum atomic E-state index is 12.4. The van der Waals surface area contributed by atoms with E-state index in [9.17, 15) is 4.79 Å². The molecule has 2 aromatic rings. The summed E-state index contributed by atoms with van der Waals surface area (Å²) in [5, 5.41) is 2.77. The number of amides is 1. The van der Waals surface area contributed by atoms with Crippen LogP contribution in [0.3, 0.4) is 0 Å². The van der Waals surface area contributed by atoms with Crippen molar-refractivity contribution < 1.29 is 14.3 Å². The third kappa shape index (κ3) is 6.02.